The Bertz CT molecular complexity index is 716. The number of phenolic OH excluding ortho intramolecular Hbond substituents is 1. The highest BCUT2D eigenvalue weighted by Gasteiger charge is 2.11. The van der Waals surface area contributed by atoms with Crippen molar-refractivity contribution in [2.75, 3.05) is 0 Å². The smallest absolute Gasteiger partial charge is 0.125 e. The zero-order valence-electron chi connectivity index (χ0n) is 11.4. The number of para-hydroxylation sites is 1. The Morgan fingerprint density at radius 2 is 1.85 bits per heavy atom. The molecule has 1 heterocycles. The van der Waals surface area contributed by atoms with Gasteiger partial charge in [0.2, 0.25) is 0 Å². The van der Waals surface area contributed by atoms with E-state index in [1.807, 2.05) is 48.7 Å². The van der Waals surface area contributed by atoms with Crippen LogP contribution in [-0.2, 0) is 13.2 Å². The second-order valence-corrected chi connectivity index (χ2v) is 4.71. The number of fused-ring (bicyclic) bond motifs is 1. The Hall–Kier alpha value is -2.42. The van der Waals surface area contributed by atoms with Crippen molar-refractivity contribution in [3.63, 3.8) is 0 Å². The quantitative estimate of drug-likeness (QED) is 0.776. The maximum Gasteiger partial charge on any atom is 0.125 e. The standard InChI is InChI=1S/C17H17NO2/c1-2-18-11-13(12-20-14-7-4-3-5-8-14)17-15(18)9-6-10-16(17)19/h3-11,19H,2,12H2,1H3. The lowest BCUT2D eigenvalue weighted by atomic mass is 10.1. The van der Waals surface area contributed by atoms with Gasteiger partial charge in [0, 0.05) is 23.7 Å². The van der Waals surface area contributed by atoms with Crippen LogP contribution in [0.5, 0.6) is 11.5 Å². The monoisotopic (exact) mass is 267 g/mol. The Kier molecular flexibility index (Phi) is 3.33. The first kappa shape index (κ1) is 12.6. The number of benzene rings is 2. The SMILES string of the molecule is CCn1cc(COc2ccccc2)c2c(O)cccc21. The molecular formula is C17H17NO2. The summed E-state index contributed by atoms with van der Waals surface area (Å²) < 4.78 is 7.91. The molecule has 2 aromatic carbocycles. The molecule has 0 saturated heterocycles. The van der Waals surface area contributed by atoms with Crippen LogP contribution in [0.25, 0.3) is 10.9 Å². The topological polar surface area (TPSA) is 34.4 Å². The molecule has 0 aliphatic heterocycles. The van der Waals surface area contributed by atoms with Crippen LogP contribution in [0.2, 0.25) is 0 Å². The predicted molar refractivity (Wildman–Crippen MR) is 80.1 cm³/mol. The van der Waals surface area contributed by atoms with Crippen LogP contribution in [0.1, 0.15) is 12.5 Å². The second-order valence-electron chi connectivity index (χ2n) is 4.71. The van der Waals surface area contributed by atoms with Gasteiger partial charge in [-0.3, -0.25) is 0 Å². The fraction of sp³-hybridized carbons (Fsp3) is 0.176. The van der Waals surface area contributed by atoms with Crippen molar-refractivity contribution >= 4 is 10.9 Å². The van der Waals surface area contributed by atoms with E-state index >= 15 is 0 Å². The minimum atomic E-state index is 0.307. The van der Waals surface area contributed by atoms with E-state index in [9.17, 15) is 5.11 Å². The van der Waals surface area contributed by atoms with E-state index in [0.717, 1.165) is 28.8 Å². The Balaban J connectivity index is 1.95. The summed E-state index contributed by atoms with van der Waals surface area (Å²) >= 11 is 0. The number of ether oxygens (including phenoxy) is 1. The Morgan fingerprint density at radius 3 is 2.60 bits per heavy atom. The summed E-state index contributed by atoms with van der Waals surface area (Å²) in [5, 5.41) is 11.0. The van der Waals surface area contributed by atoms with E-state index in [-0.39, 0.29) is 0 Å². The molecule has 0 bridgehead atoms. The maximum atomic E-state index is 10.1. The molecule has 0 atom stereocenters. The Morgan fingerprint density at radius 1 is 1.05 bits per heavy atom. The van der Waals surface area contributed by atoms with Gasteiger partial charge in [0.05, 0.1) is 5.52 Å². The number of aromatic hydroxyl groups is 1. The van der Waals surface area contributed by atoms with Gasteiger partial charge in [-0.15, -0.1) is 0 Å². The van der Waals surface area contributed by atoms with E-state index in [4.69, 9.17) is 4.74 Å². The molecule has 0 fully saturated rings. The van der Waals surface area contributed by atoms with Gasteiger partial charge in [0.25, 0.3) is 0 Å². The predicted octanol–water partition coefficient (Wildman–Crippen LogP) is 3.95. The number of hydrogen-bond donors (Lipinski definition) is 1. The molecule has 102 valence electrons. The first-order valence-electron chi connectivity index (χ1n) is 6.77. The molecular weight excluding hydrogens is 250 g/mol. The van der Waals surface area contributed by atoms with E-state index in [1.54, 1.807) is 6.07 Å². The molecule has 3 heteroatoms. The summed E-state index contributed by atoms with van der Waals surface area (Å²) in [6.07, 6.45) is 2.05. The van der Waals surface area contributed by atoms with Crippen molar-refractivity contribution in [3.8, 4) is 11.5 Å². The number of phenols is 1. The zero-order valence-corrected chi connectivity index (χ0v) is 11.4. The summed E-state index contributed by atoms with van der Waals surface area (Å²) in [5.41, 5.74) is 2.04. The summed E-state index contributed by atoms with van der Waals surface area (Å²) in [5.74, 6) is 1.14. The molecule has 1 N–H and O–H groups in total. The molecule has 3 nitrogen and oxygen atoms in total. The highest BCUT2D eigenvalue weighted by atomic mass is 16.5. The highest BCUT2D eigenvalue weighted by molar-refractivity contribution is 5.89. The molecule has 0 amide bonds. The zero-order chi connectivity index (χ0) is 13.9. The van der Waals surface area contributed by atoms with Crippen LogP contribution in [0, 0.1) is 0 Å². The lowest BCUT2D eigenvalue weighted by Gasteiger charge is -2.05. The molecule has 0 spiro atoms. The van der Waals surface area contributed by atoms with Crippen LogP contribution in [0.15, 0.2) is 54.7 Å². The van der Waals surface area contributed by atoms with Crippen molar-refractivity contribution in [1.29, 1.82) is 0 Å². The van der Waals surface area contributed by atoms with Gasteiger partial charge in [0.1, 0.15) is 18.1 Å². The van der Waals surface area contributed by atoms with Crippen LogP contribution in [0.3, 0.4) is 0 Å². The van der Waals surface area contributed by atoms with Crippen molar-refractivity contribution in [3.05, 3.63) is 60.3 Å². The van der Waals surface area contributed by atoms with E-state index in [1.165, 1.54) is 0 Å². The van der Waals surface area contributed by atoms with Gasteiger partial charge < -0.3 is 14.4 Å². The number of aryl methyl sites for hydroxylation is 1. The lowest BCUT2D eigenvalue weighted by Crippen LogP contribution is -1.94. The third-order valence-corrected chi connectivity index (χ3v) is 3.44. The van der Waals surface area contributed by atoms with Gasteiger partial charge in [-0.25, -0.2) is 0 Å². The van der Waals surface area contributed by atoms with Gasteiger partial charge in [-0.2, -0.15) is 0 Å². The average molecular weight is 267 g/mol. The highest BCUT2D eigenvalue weighted by Crippen LogP contribution is 2.30. The summed E-state index contributed by atoms with van der Waals surface area (Å²) in [4.78, 5) is 0. The van der Waals surface area contributed by atoms with Crippen LogP contribution in [0.4, 0.5) is 0 Å². The first-order valence-corrected chi connectivity index (χ1v) is 6.77. The molecule has 0 saturated carbocycles. The van der Waals surface area contributed by atoms with E-state index in [2.05, 4.69) is 11.5 Å². The number of hydrogen-bond acceptors (Lipinski definition) is 2. The number of aromatic nitrogens is 1. The summed E-state index contributed by atoms with van der Waals surface area (Å²) in [6.45, 7) is 3.40. The van der Waals surface area contributed by atoms with Crippen molar-refractivity contribution in [1.82, 2.24) is 4.57 Å². The molecule has 1 aromatic heterocycles. The molecule has 3 aromatic rings. The van der Waals surface area contributed by atoms with Crippen molar-refractivity contribution < 1.29 is 9.84 Å². The number of nitrogens with zero attached hydrogens (tertiary/aromatic N) is 1. The largest absolute Gasteiger partial charge is 0.507 e. The van der Waals surface area contributed by atoms with Crippen LogP contribution < -0.4 is 4.74 Å². The molecule has 0 aliphatic rings. The van der Waals surface area contributed by atoms with Gasteiger partial charge in [-0.1, -0.05) is 24.3 Å². The van der Waals surface area contributed by atoms with E-state index in [0.29, 0.717) is 12.4 Å². The molecule has 3 rings (SSSR count). The van der Waals surface area contributed by atoms with Gasteiger partial charge in [-0.05, 0) is 31.2 Å². The maximum absolute atomic E-state index is 10.1. The normalized spacial score (nSPS) is 10.8. The summed E-state index contributed by atoms with van der Waals surface area (Å²) in [7, 11) is 0. The minimum absolute atomic E-state index is 0.307. The fourth-order valence-corrected chi connectivity index (χ4v) is 2.47. The minimum Gasteiger partial charge on any atom is -0.507 e. The fourth-order valence-electron chi connectivity index (χ4n) is 2.47. The second kappa shape index (κ2) is 5.29. The lowest BCUT2D eigenvalue weighted by molar-refractivity contribution is 0.307. The third-order valence-electron chi connectivity index (χ3n) is 3.44. The van der Waals surface area contributed by atoms with E-state index < -0.39 is 0 Å². The molecule has 0 unspecified atom stereocenters. The van der Waals surface area contributed by atoms with Gasteiger partial charge >= 0.3 is 0 Å². The molecule has 0 radical (unpaired) electrons. The first-order chi connectivity index (χ1) is 9.79. The molecule has 20 heavy (non-hydrogen) atoms. The van der Waals surface area contributed by atoms with Crippen LogP contribution >= 0.6 is 0 Å². The third kappa shape index (κ3) is 2.23. The molecule has 0 aliphatic carbocycles. The van der Waals surface area contributed by atoms with Crippen molar-refractivity contribution in [2.24, 2.45) is 0 Å². The average Bonchev–Trinajstić information content (AvgIpc) is 2.86. The summed E-state index contributed by atoms with van der Waals surface area (Å²) in [6, 6.07) is 15.3. The van der Waals surface area contributed by atoms with Crippen LogP contribution in [-0.4, -0.2) is 9.67 Å². The Labute approximate surface area is 118 Å². The van der Waals surface area contributed by atoms with Gasteiger partial charge in [0.15, 0.2) is 0 Å². The number of rotatable bonds is 4. The van der Waals surface area contributed by atoms with Crippen molar-refractivity contribution in [2.45, 2.75) is 20.1 Å².